The number of aliphatic imine (C=N–C) groups is 1. The van der Waals surface area contributed by atoms with E-state index >= 15 is 0 Å². The van der Waals surface area contributed by atoms with Gasteiger partial charge in [0.15, 0.2) is 5.96 Å². The highest BCUT2D eigenvalue weighted by atomic mass is 32.1. The second kappa shape index (κ2) is 5.43. The average Bonchev–Trinajstić information content (AvgIpc) is 3.01. The third kappa shape index (κ3) is 2.55. The Morgan fingerprint density at radius 1 is 1.36 bits per heavy atom. The van der Waals surface area contributed by atoms with Gasteiger partial charge in [-0.25, -0.2) is 9.98 Å². The van der Waals surface area contributed by atoms with Crippen LogP contribution in [-0.2, 0) is 5.54 Å². The standard InChI is InChI=1S/C16H17N5S/c1-16(8-9-21(2)15(18)20-16)14-5-3-4-12(19-14)13-7-6-11(10-17)22-13/h3-7H,8-9H2,1-2H3,(H2,18,20)/t16-/m0/s1. The topological polar surface area (TPSA) is 78.3 Å². The number of guanidine groups is 1. The summed E-state index contributed by atoms with van der Waals surface area (Å²) in [7, 11) is 1.94. The zero-order chi connectivity index (χ0) is 15.7. The largest absolute Gasteiger partial charge is 0.370 e. The number of hydrogen-bond acceptors (Lipinski definition) is 6. The predicted octanol–water partition coefficient (Wildman–Crippen LogP) is 2.55. The number of hydrogen-bond donors (Lipinski definition) is 1. The van der Waals surface area contributed by atoms with E-state index in [0.717, 1.165) is 29.2 Å². The first kappa shape index (κ1) is 14.5. The van der Waals surface area contributed by atoms with Gasteiger partial charge in [0.2, 0.25) is 0 Å². The molecule has 1 aliphatic heterocycles. The molecule has 0 bridgehead atoms. The molecule has 0 unspecified atom stereocenters. The number of pyridine rings is 1. The molecule has 2 aromatic heterocycles. The second-order valence-corrected chi connectivity index (χ2v) is 6.68. The molecule has 0 aromatic carbocycles. The third-order valence-electron chi connectivity index (χ3n) is 3.96. The average molecular weight is 311 g/mol. The van der Waals surface area contributed by atoms with E-state index in [9.17, 15) is 0 Å². The van der Waals surface area contributed by atoms with Crippen LogP contribution in [0.2, 0.25) is 0 Å². The summed E-state index contributed by atoms with van der Waals surface area (Å²) < 4.78 is 0. The Morgan fingerprint density at radius 2 is 2.18 bits per heavy atom. The molecule has 0 amide bonds. The number of rotatable bonds is 2. The molecule has 1 aliphatic rings. The van der Waals surface area contributed by atoms with E-state index in [2.05, 4.69) is 18.0 Å². The van der Waals surface area contributed by atoms with Gasteiger partial charge in [-0.1, -0.05) is 6.07 Å². The maximum Gasteiger partial charge on any atom is 0.191 e. The number of aromatic nitrogens is 1. The van der Waals surface area contributed by atoms with Crippen LogP contribution in [0.1, 0.15) is 23.9 Å². The van der Waals surface area contributed by atoms with Gasteiger partial charge in [0, 0.05) is 13.6 Å². The van der Waals surface area contributed by atoms with Crippen molar-refractivity contribution in [2.24, 2.45) is 10.7 Å². The van der Waals surface area contributed by atoms with Gasteiger partial charge < -0.3 is 10.6 Å². The minimum absolute atomic E-state index is 0.401. The van der Waals surface area contributed by atoms with Crippen LogP contribution in [0, 0.1) is 11.3 Å². The highest BCUT2D eigenvalue weighted by molar-refractivity contribution is 7.15. The first-order chi connectivity index (χ1) is 10.5. The number of nitriles is 1. The van der Waals surface area contributed by atoms with E-state index in [1.807, 2.05) is 42.3 Å². The fourth-order valence-corrected chi connectivity index (χ4v) is 3.26. The number of nitrogens with two attached hydrogens (primary N) is 1. The van der Waals surface area contributed by atoms with Gasteiger partial charge in [-0.3, -0.25) is 0 Å². The lowest BCUT2D eigenvalue weighted by atomic mass is 9.92. The highest BCUT2D eigenvalue weighted by Crippen LogP contribution is 2.33. The fourth-order valence-electron chi connectivity index (χ4n) is 2.49. The van der Waals surface area contributed by atoms with Crippen LogP contribution >= 0.6 is 11.3 Å². The Balaban J connectivity index is 2.00. The van der Waals surface area contributed by atoms with E-state index in [0.29, 0.717) is 10.8 Å². The van der Waals surface area contributed by atoms with E-state index in [-0.39, 0.29) is 0 Å². The van der Waals surface area contributed by atoms with Crippen molar-refractivity contribution in [1.82, 2.24) is 9.88 Å². The highest BCUT2D eigenvalue weighted by Gasteiger charge is 2.32. The van der Waals surface area contributed by atoms with Gasteiger partial charge in [0.05, 0.1) is 16.3 Å². The first-order valence-electron chi connectivity index (χ1n) is 7.06. The summed E-state index contributed by atoms with van der Waals surface area (Å²) >= 11 is 1.45. The molecule has 22 heavy (non-hydrogen) atoms. The molecule has 2 aromatic rings. The molecule has 2 N–H and O–H groups in total. The summed E-state index contributed by atoms with van der Waals surface area (Å²) in [5, 5.41) is 8.96. The zero-order valence-electron chi connectivity index (χ0n) is 12.6. The van der Waals surface area contributed by atoms with Crippen LogP contribution in [0.4, 0.5) is 0 Å². The van der Waals surface area contributed by atoms with Gasteiger partial charge in [-0.15, -0.1) is 11.3 Å². The molecule has 0 saturated carbocycles. The van der Waals surface area contributed by atoms with Crippen LogP contribution in [0.25, 0.3) is 10.6 Å². The van der Waals surface area contributed by atoms with Crippen molar-refractivity contribution in [3.8, 4) is 16.6 Å². The lowest BCUT2D eigenvalue weighted by molar-refractivity contribution is 0.333. The van der Waals surface area contributed by atoms with Gasteiger partial charge in [0.25, 0.3) is 0 Å². The monoisotopic (exact) mass is 311 g/mol. The van der Waals surface area contributed by atoms with Crippen molar-refractivity contribution < 1.29 is 0 Å². The quantitative estimate of drug-likeness (QED) is 0.924. The molecule has 0 radical (unpaired) electrons. The van der Waals surface area contributed by atoms with E-state index in [1.165, 1.54) is 11.3 Å². The lowest BCUT2D eigenvalue weighted by Crippen LogP contribution is -2.44. The smallest absolute Gasteiger partial charge is 0.191 e. The second-order valence-electron chi connectivity index (χ2n) is 5.60. The zero-order valence-corrected chi connectivity index (χ0v) is 13.4. The minimum atomic E-state index is -0.401. The molecular formula is C16H17N5S. The first-order valence-corrected chi connectivity index (χ1v) is 7.88. The molecule has 0 spiro atoms. The van der Waals surface area contributed by atoms with Crippen molar-refractivity contribution in [1.29, 1.82) is 5.26 Å². The Hall–Kier alpha value is -2.39. The van der Waals surface area contributed by atoms with Crippen LogP contribution in [0.5, 0.6) is 0 Å². The molecule has 3 heterocycles. The van der Waals surface area contributed by atoms with Crippen molar-refractivity contribution in [3.05, 3.63) is 40.9 Å². The summed E-state index contributed by atoms with van der Waals surface area (Å²) in [6, 6.07) is 11.9. The van der Waals surface area contributed by atoms with Crippen molar-refractivity contribution in [2.45, 2.75) is 18.9 Å². The molecular weight excluding hydrogens is 294 g/mol. The molecule has 5 nitrogen and oxygen atoms in total. The molecule has 3 rings (SSSR count). The predicted molar refractivity (Wildman–Crippen MR) is 88.5 cm³/mol. The van der Waals surface area contributed by atoms with Crippen LogP contribution in [0.15, 0.2) is 35.3 Å². The normalized spacial score (nSPS) is 21.3. The minimum Gasteiger partial charge on any atom is -0.370 e. The number of nitrogens with zero attached hydrogens (tertiary/aromatic N) is 4. The summed E-state index contributed by atoms with van der Waals surface area (Å²) in [5.41, 5.74) is 7.36. The van der Waals surface area contributed by atoms with Crippen LogP contribution in [0.3, 0.4) is 0 Å². The van der Waals surface area contributed by atoms with Gasteiger partial charge >= 0.3 is 0 Å². The van der Waals surface area contributed by atoms with Gasteiger partial charge in [-0.2, -0.15) is 5.26 Å². The Morgan fingerprint density at radius 3 is 2.86 bits per heavy atom. The fraction of sp³-hybridized carbons (Fsp3) is 0.312. The molecule has 0 aliphatic carbocycles. The van der Waals surface area contributed by atoms with Crippen LogP contribution < -0.4 is 5.73 Å². The van der Waals surface area contributed by atoms with Gasteiger partial charge in [-0.05, 0) is 37.6 Å². The number of thiophene rings is 1. The molecule has 112 valence electrons. The summed E-state index contributed by atoms with van der Waals surface area (Å²) in [6.07, 6.45) is 0.870. The summed E-state index contributed by atoms with van der Waals surface area (Å²) in [4.78, 5) is 13.0. The van der Waals surface area contributed by atoms with E-state index in [4.69, 9.17) is 16.0 Å². The molecule has 0 fully saturated rings. The third-order valence-corrected chi connectivity index (χ3v) is 4.97. The van der Waals surface area contributed by atoms with Gasteiger partial charge in [0.1, 0.15) is 16.5 Å². The lowest BCUT2D eigenvalue weighted by Gasteiger charge is -2.34. The Kier molecular flexibility index (Phi) is 3.59. The van der Waals surface area contributed by atoms with Crippen molar-refractivity contribution in [3.63, 3.8) is 0 Å². The van der Waals surface area contributed by atoms with E-state index in [1.54, 1.807) is 0 Å². The molecule has 1 atom stereocenters. The molecule has 6 heteroatoms. The van der Waals surface area contributed by atoms with E-state index < -0.39 is 5.54 Å². The van der Waals surface area contributed by atoms with Crippen molar-refractivity contribution in [2.75, 3.05) is 13.6 Å². The Labute approximate surface area is 133 Å². The van der Waals surface area contributed by atoms with Crippen molar-refractivity contribution >= 4 is 17.3 Å². The maximum absolute atomic E-state index is 8.96. The van der Waals surface area contributed by atoms with Crippen LogP contribution in [-0.4, -0.2) is 29.4 Å². The maximum atomic E-state index is 8.96. The molecule has 0 saturated heterocycles. The SMILES string of the molecule is CN1CC[C@@](C)(c2cccc(-c3ccc(C#N)s3)n2)N=C1N. The Bertz CT molecular complexity index is 773. The summed E-state index contributed by atoms with van der Waals surface area (Å²) in [5.74, 6) is 0.545. The summed E-state index contributed by atoms with van der Waals surface area (Å²) in [6.45, 7) is 2.92.